The molecule has 0 bridgehead atoms. The van der Waals surface area contributed by atoms with Crippen LogP contribution >= 0.6 is 0 Å². The van der Waals surface area contributed by atoms with E-state index in [0.717, 1.165) is 6.54 Å². The zero-order valence-corrected chi connectivity index (χ0v) is 15.4. The number of nitrogen functional groups attached to an aromatic ring is 1. The molecule has 2 saturated heterocycles. The molecule has 5 N–H and O–H groups in total. The van der Waals surface area contributed by atoms with Crippen LogP contribution in [0.15, 0.2) is 12.4 Å². The SMILES string of the molecule is Nc1ncc(-c2nc(N3CCOCC3)nc(NC3(CO)CCNC3)c2F)cn1. The number of anilines is 3. The van der Waals surface area contributed by atoms with Gasteiger partial charge in [-0.1, -0.05) is 0 Å². The first-order valence-corrected chi connectivity index (χ1v) is 9.18. The van der Waals surface area contributed by atoms with Crippen LogP contribution in [0.25, 0.3) is 11.3 Å². The summed E-state index contributed by atoms with van der Waals surface area (Å²) >= 11 is 0. The lowest BCUT2D eigenvalue weighted by molar-refractivity contribution is 0.122. The maximum Gasteiger partial charge on any atom is 0.228 e. The fourth-order valence-electron chi connectivity index (χ4n) is 3.35. The van der Waals surface area contributed by atoms with Crippen LogP contribution in [0.1, 0.15) is 6.42 Å². The average Bonchev–Trinajstić information content (AvgIpc) is 3.20. The zero-order chi connectivity index (χ0) is 19.6. The molecule has 2 aromatic heterocycles. The summed E-state index contributed by atoms with van der Waals surface area (Å²) in [5, 5.41) is 16.2. The van der Waals surface area contributed by atoms with Crippen LogP contribution in [0.2, 0.25) is 0 Å². The Balaban J connectivity index is 1.77. The van der Waals surface area contributed by atoms with E-state index in [1.54, 1.807) is 0 Å². The third kappa shape index (κ3) is 3.68. The van der Waals surface area contributed by atoms with E-state index in [1.807, 2.05) is 4.90 Å². The van der Waals surface area contributed by atoms with Crippen LogP contribution in [0.5, 0.6) is 0 Å². The van der Waals surface area contributed by atoms with Crippen molar-refractivity contribution < 1.29 is 14.2 Å². The number of nitrogens with two attached hydrogens (primary N) is 1. The van der Waals surface area contributed by atoms with Crippen LogP contribution < -0.4 is 21.3 Å². The highest BCUT2D eigenvalue weighted by atomic mass is 19.1. The monoisotopic (exact) mass is 390 g/mol. The predicted octanol–water partition coefficient (Wildman–Crippen LogP) is -0.372. The van der Waals surface area contributed by atoms with Crippen molar-refractivity contribution in [2.75, 3.05) is 62.0 Å². The van der Waals surface area contributed by atoms with Crippen molar-refractivity contribution in [1.82, 2.24) is 25.3 Å². The molecule has 0 aliphatic carbocycles. The standard InChI is InChI=1S/C17H23FN8O2/c18-12-13(11-7-21-15(19)22-8-11)23-16(26-3-5-28-6-4-26)24-14(12)25-17(10-27)1-2-20-9-17/h7-8,20,27H,1-6,9-10H2,(H2,19,21,22)(H,23,24,25). The van der Waals surface area contributed by atoms with Crippen molar-refractivity contribution in [2.45, 2.75) is 12.0 Å². The number of ether oxygens (including phenoxy) is 1. The smallest absolute Gasteiger partial charge is 0.228 e. The van der Waals surface area contributed by atoms with Gasteiger partial charge >= 0.3 is 0 Å². The number of aliphatic hydroxyl groups excluding tert-OH is 1. The van der Waals surface area contributed by atoms with Gasteiger partial charge in [0.05, 0.1) is 25.4 Å². The van der Waals surface area contributed by atoms with Gasteiger partial charge in [-0.15, -0.1) is 0 Å². The van der Waals surface area contributed by atoms with Crippen molar-refractivity contribution in [1.29, 1.82) is 0 Å². The highest BCUT2D eigenvalue weighted by Crippen LogP contribution is 2.30. The molecule has 4 rings (SSSR count). The minimum absolute atomic E-state index is 0.0427. The Bertz CT molecular complexity index is 823. The van der Waals surface area contributed by atoms with Gasteiger partial charge < -0.3 is 31.1 Å². The minimum Gasteiger partial charge on any atom is -0.394 e. The molecule has 2 aliphatic rings. The lowest BCUT2D eigenvalue weighted by atomic mass is 10.00. The van der Waals surface area contributed by atoms with E-state index in [9.17, 15) is 5.11 Å². The maximum absolute atomic E-state index is 15.3. The molecule has 1 unspecified atom stereocenters. The van der Waals surface area contributed by atoms with Gasteiger partial charge in [-0.3, -0.25) is 0 Å². The summed E-state index contributed by atoms with van der Waals surface area (Å²) in [6, 6.07) is 0. The number of hydrogen-bond donors (Lipinski definition) is 4. The third-order valence-corrected chi connectivity index (χ3v) is 5.01. The molecule has 0 radical (unpaired) electrons. The largest absolute Gasteiger partial charge is 0.394 e. The molecule has 2 aliphatic heterocycles. The summed E-state index contributed by atoms with van der Waals surface area (Å²) in [7, 11) is 0. The lowest BCUT2D eigenvalue weighted by Crippen LogP contribution is -2.45. The Morgan fingerprint density at radius 2 is 2.04 bits per heavy atom. The summed E-state index contributed by atoms with van der Waals surface area (Å²) < 4.78 is 20.7. The quantitative estimate of drug-likeness (QED) is 0.535. The fraction of sp³-hybridized carbons (Fsp3) is 0.529. The molecule has 0 aromatic carbocycles. The van der Waals surface area contributed by atoms with E-state index in [-0.39, 0.29) is 24.1 Å². The van der Waals surface area contributed by atoms with Crippen molar-refractivity contribution >= 4 is 17.7 Å². The molecule has 0 amide bonds. The molecule has 150 valence electrons. The molecule has 0 spiro atoms. The molecular formula is C17H23FN8O2. The molecule has 2 aromatic rings. The van der Waals surface area contributed by atoms with Crippen molar-refractivity contribution in [3.05, 3.63) is 18.2 Å². The maximum atomic E-state index is 15.3. The van der Waals surface area contributed by atoms with E-state index >= 15 is 4.39 Å². The van der Waals surface area contributed by atoms with E-state index in [2.05, 4.69) is 30.6 Å². The molecule has 28 heavy (non-hydrogen) atoms. The first-order chi connectivity index (χ1) is 13.6. The van der Waals surface area contributed by atoms with Crippen molar-refractivity contribution in [2.24, 2.45) is 0 Å². The summed E-state index contributed by atoms with van der Waals surface area (Å²) in [4.78, 5) is 18.7. The summed E-state index contributed by atoms with van der Waals surface area (Å²) in [6.45, 7) is 3.42. The second kappa shape index (κ2) is 7.78. The summed E-state index contributed by atoms with van der Waals surface area (Å²) in [5.74, 6) is -0.0922. The van der Waals surface area contributed by atoms with Gasteiger partial charge in [0.2, 0.25) is 11.9 Å². The van der Waals surface area contributed by atoms with E-state index in [0.29, 0.717) is 50.8 Å². The summed E-state index contributed by atoms with van der Waals surface area (Å²) in [6.07, 6.45) is 3.51. The molecular weight excluding hydrogens is 367 g/mol. The number of rotatable bonds is 5. The van der Waals surface area contributed by atoms with Gasteiger partial charge in [0.15, 0.2) is 11.6 Å². The first kappa shape index (κ1) is 18.7. The number of morpholine rings is 1. The van der Waals surface area contributed by atoms with Gasteiger partial charge in [0.25, 0.3) is 0 Å². The second-order valence-electron chi connectivity index (χ2n) is 6.95. The highest BCUT2D eigenvalue weighted by molar-refractivity contribution is 5.65. The highest BCUT2D eigenvalue weighted by Gasteiger charge is 2.35. The van der Waals surface area contributed by atoms with Crippen LogP contribution in [-0.4, -0.2) is 76.6 Å². The Kier molecular flexibility index (Phi) is 5.20. The van der Waals surface area contributed by atoms with Crippen molar-refractivity contribution in [3.63, 3.8) is 0 Å². The first-order valence-electron chi connectivity index (χ1n) is 9.18. The molecule has 11 heteroatoms. The summed E-state index contributed by atoms with van der Waals surface area (Å²) in [5.41, 5.74) is 5.35. The predicted molar refractivity (Wildman–Crippen MR) is 101 cm³/mol. The van der Waals surface area contributed by atoms with E-state index < -0.39 is 11.4 Å². The molecule has 0 saturated carbocycles. The average molecular weight is 390 g/mol. The number of aliphatic hydroxyl groups is 1. The minimum atomic E-state index is -0.674. The topological polar surface area (TPSA) is 134 Å². The van der Waals surface area contributed by atoms with Gasteiger partial charge in [-0.05, 0) is 13.0 Å². The van der Waals surface area contributed by atoms with Crippen LogP contribution in [-0.2, 0) is 4.74 Å². The Labute approximate surface area is 161 Å². The Morgan fingerprint density at radius 3 is 2.68 bits per heavy atom. The van der Waals surface area contributed by atoms with Crippen molar-refractivity contribution in [3.8, 4) is 11.3 Å². The second-order valence-corrected chi connectivity index (χ2v) is 6.95. The van der Waals surface area contributed by atoms with Crippen LogP contribution in [0.3, 0.4) is 0 Å². The van der Waals surface area contributed by atoms with Gasteiger partial charge in [-0.25, -0.2) is 19.3 Å². The fourth-order valence-corrected chi connectivity index (χ4v) is 3.35. The molecule has 10 nitrogen and oxygen atoms in total. The molecule has 2 fully saturated rings. The van der Waals surface area contributed by atoms with Gasteiger partial charge in [0.1, 0.15) is 5.69 Å². The number of halogens is 1. The van der Waals surface area contributed by atoms with E-state index in [1.165, 1.54) is 12.4 Å². The normalized spacial score (nSPS) is 22.4. The molecule has 4 heterocycles. The Morgan fingerprint density at radius 1 is 1.29 bits per heavy atom. The zero-order valence-electron chi connectivity index (χ0n) is 15.4. The number of nitrogens with one attached hydrogen (secondary N) is 2. The number of hydrogen-bond acceptors (Lipinski definition) is 10. The van der Waals surface area contributed by atoms with E-state index in [4.69, 9.17) is 10.5 Å². The third-order valence-electron chi connectivity index (χ3n) is 5.01. The number of nitrogens with zero attached hydrogens (tertiary/aromatic N) is 5. The van der Waals surface area contributed by atoms with Crippen LogP contribution in [0.4, 0.5) is 22.1 Å². The van der Waals surface area contributed by atoms with Crippen LogP contribution in [0, 0.1) is 5.82 Å². The van der Waals surface area contributed by atoms with Gasteiger partial charge in [-0.2, -0.15) is 4.98 Å². The Hall–Kier alpha value is -2.63. The number of aromatic nitrogens is 4. The molecule has 1 atom stereocenters. The van der Waals surface area contributed by atoms with Gasteiger partial charge in [0, 0.05) is 37.6 Å². The lowest BCUT2D eigenvalue weighted by Gasteiger charge is -2.30.